The van der Waals surface area contributed by atoms with Crippen LogP contribution in [0.25, 0.3) is 11.0 Å². The van der Waals surface area contributed by atoms with Crippen molar-refractivity contribution >= 4 is 28.3 Å². The van der Waals surface area contributed by atoms with Gasteiger partial charge in [0.05, 0.1) is 35.3 Å². The summed E-state index contributed by atoms with van der Waals surface area (Å²) in [6, 6.07) is 11.9. The van der Waals surface area contributed by atoms with Crippen molar-refractivity contribution in [3.63, 3.8) is 0 Å². The number of rotatable bonds is 4. The van der Waals surface area contributed by atoms with Crippen molar-refractivity contribution in [3.05, 3.63) is 78.4 Å². The molecule has 2 aromatic heterocycles. The summed E-state index contributed by atoms with van der Waals surface area (Å²) in [6.07, 6.45) is 8.46. The molecule has 0 N–H and O–H groups in total. The Morgan fingerprint density at radius 1 is 1.19 bits per heavy atom. The van der Waals surface area contributed by atoms with Crippen LogP contribution in [0.3, 0.4) is 0 Å². The predicted molar refractivity (Wildman–Crippen MR) is 145 cm³/mol. The summed E-state index contributed by atoms with van der Waals surface area (Å²) < 4.78 is 5.54. The van der Waals surface area contributed by atoms with Crippen molar-refractivity contribution < 1.29 is 9.53 Å². The van der Waals surface area contributed by atoms with Crippen LogP contribution in [0, 0.1) is 6.92 Å². The fourth-order valence-corrected chi connectivity index (χ4v) is 5.69. The van der Waals surface area contributed by atoms with Gasteiger partial charge in [0.2, 0.25) is 0 Å². The van der Waals surface area contributed by atoms with E-state index in [4.69, 9.17) is 4.74 Å². The molecule has 0 unspecified atom stereocenters. The van der Waals surface area contributed by atoms with Crippen LogP contribution in [0.4, 0.5) is 11.4 Å². The van der Waals surface area contributed by atoms with Gasteiger partial charge in [0.15, 0.2) is 5.65 Å². The van der Waals surface area contributed by atoms with E-state index in [1.807, 2.05) is 42.3 Å². The summed E-state index contributed by atoms with van der Waals surface area (Å²) in [5.41, 5.74) is 5.19. The average Bonchev–Trinajstić information content (AvgIpc) is 2.91. The lowest BCUT2D eigenvalue weighted by molar-refractivity contribution is 0.0682. The number of fused-ring (bicyclic) bond motifs is 2. The first-order chi connectivity index (χ1) is 17.4. The molecule has 4 heterocycles. The molecule has 186 valence electrons. The van der Waals surface area contributed by atoms with Crippen LogP contribution in [-0.2, 0) is 0 Å². The molecule has 0 aliphatic carbocycles. The molecular formula is C29H33N5O2. The van der Waals surface area contributed by atoms with E-state index < -0.39 is 0 Å². The van der Waals surface area contributed by atoms with Gasteiger partial charge in [-0.05, 0) is 56.5 Å². The fourth-order valence-electron chi connectivity index (χ4n) is 5.69. The Balaban J connectivity index is 1.48. The molecule has 1 spiro atoms. The van der Waals surface area contributed by atoms with Gasteiger partial charge in [-0.15, -0.1) is 0 Å². The number of ether oxygens (including phenoxy) is 1. The standard InChI is InChI=1S/C29H33N5O2/c1-6-9-26-29(32(4)25-19-22(36-5)11-12-24(25)34(26)7-2)13-16-33(17-14-29)28(35)23-18-21-10-8-15-30-27(21)31-20(23)3/h7-12,15,18-19H,2,6,13-14,16-17H2,1,3-5H3. The molecule has 7 heteroatoms. The molecule has 5 rings (SSSR count). The van der Waals surface area contributed by atoms with E-state index in [-0.39, 0.29) is 11.4 Å². The molecular weight excluding hydrogens is 450 g/mol. The van der Waals surface area contributed by atoms with Crippen LogP contribution in [0.5, 0.6) is 5.75 Å². The normalized spacial score (nSPS) is 18.0. The number of amides is 1. The third-order valence-electron chi connectivity index (χ3n) is 7.65. The van der Waals surface area contributed by atoms with Crippen LogP contribution in [-0.4, -0.2) is 53.6 Å². The van der Waals surface area contributed by atoms with E-state index >= 15 is 0 Å². The monoisotopic (exact) mass is 483 g/mol. The highest BCUT2D eigenvalue weighted by atomic mass is 16.5. The molecule has 36 heavy (non-hydrogen) atoms. The fraction of sp³-hybridized carbons (Fsp3) is 0.345. The van der Waals surface area contributed by atoms with Gasteiger partial charge < -0.3 is 19.4 Å². The molecule has 1 amide bonds. The highest BCUT2D eigenvalue weighted by Gasteiger charge is 2.48. The zero-order valence-corrected chi connectivity index (χ0v) is 21.5. The zero-order chi connectivity index (χ0) is 25.4. The van der Waals surface area contributed by atoms with Crippen LogP contribution < -0.4 is 14.5 Å². The number of likely N-dealkylation sites (tertiary alicyclic amines) is 1. The minimum Gasteiger partial charge on any atom is -0.497 e. The maximum absolute atomic E-state index is 13.6. The summed E-state index contributed by atoms with van der Waals surface area (Å²) >= 11 is 0. The molecule has 2 aliphatic heterocycles. The Labute approximate surface area is 212 Å². The Kier molecular flexibility index (Phi) is 6.16. The van der Waals surface area contributed by atoms with Gasteiger partial charge in [0.1, 0.15) is 5.75 Å². The number of piperidine rings is 1. The number of carbonyl (C=O) groups is 1. The van der Waals surface area contributed by atoms with E-state index in [0.29, 0.717) is 30.0 Å². The van der Waals surface area contributed by atoms with Gasteiger partial charge >= 0.3 is 0 Å². The minimum absolute atomic E-state index is 0.0303. The molecule has 2 aliphatic rings. The SMILES string of the molecule is C=CN1C(=CCC)C2(CCN(C(=O)c3cc4cccnc4nc3C)CC2)N(C)c2cc(OC)ccc21. The molecule has 0 atom stereocenters. The van der Waals surface area contributed by atoms with E-state index in [2.05, 4.69) is 58.5 Å². The number of nitrogens with zero attached hydrogens (tertiary/aromatic N) is 5. The molecule has 0 bridgehead atoms. The van der Waals surface area contributed by atoms with Gasteiger partial charge in [-0.1, -0.05) is 19.6 Å². The second-order valence-corrected chi connectivity index (χ2v) is 9.46. The third-order valence-corrected chi connectivity index (χ3v) is 7.65. The minimum atomic E-state index is -0.249. The van der Waals surface area contributed by atoms with Crippen LogP contribution in [0.1, 0.15) is 42.2 Å². The predicted octanol–water partition coefficient (Wildman–Crippen LogP) is 5.32. The Hall–Kier alpha value is -3.87. The Morgan fingerprint density at radius 3 is 2.67 bits per heavy atom. The second-order valence-electron chi connectivity index (χ2n) is 9.46. The summed E-state index contributed by atoms with van der Waals surface area (Å²) in [6.45, 7) is 9.49. The Morgan fingerprint density at radius 2 is 1.97 bits per heavy atom. The van der Waals surface area contributed by atoms with Crippen molar-refractivity contribution in [2.45, 2.75) is 38.6 Å². The van der Waals surface area contributed by atoms with Crippen molar-refractivity contribution in [1.29, 1.82) is 0 Å². The maximum atomic E-state index is 13.6. The molecule has 0 saturated carbocycles. The summed E-state index contributed by atoms with van der Waals surface area (Å²) in [5.74, 6) is 0.854. The first kappa shape index (κ1) is 23.9. The number of likely N-dealkylation sites (N-methyl/N-ethyl adjacent to an activating group) is 1. The molecule has 3 aromatic rings. The lowest BCUT2D eigenvalue weighted by atomic mass is 9.79. The van der Waals surface area contributed by atoms with Gasteiger partial charge in [0.25, 0.3) is 5.91 Å². The number of allylic oxidation sites excluding steroid dienone is 1. The quantitative estimate of drug-likeness (QED) is 0.501. The summed E-state index contributed by atoms with van der Waals surface area (Å²) in [7, 11) is 3.85. The number of hydrogen-bond donors (Lipinski definition) is 0. The molecule has 0 radical (unpaired) electrons. The lowest BCUT2D eigenvalue weighted by Gasteiger charge is -2.55. The number of aromatic nitrogens is 2. The highest BCUT2D eigenvalue weighted by Crippen LogP contribution is 2.50. The molecule has 1 aromatic carbocycles. The van der Waals surface area contributed by atoms with E-state index in [0.717, 1.165) is 41.8 Å². The average molecular weight is 484 g/mol. The molecule has 1 saturated heterocycles. The number of aryl methyl sites for hydroxylation is 1. The van der Waals surface area contributed by atoms with Crippen molar-refractivity contribution in [1.82, 2.24) is 14.9 Å². The first-order valence-corrected chi connectivity index (χ1v) is 12.5. The van der Waals surface area contributed by atoms with Crippen molar-refractivity contribution in [2.24, 2.45) is 0 Å². The number of methoxy groups -OCH3 is 1. The highest BCUT2D eigenvalue weighted by molar-refractivity contribution is 5.98. The van der Waals surface area contributed by atoms with E-state index in [1.54, 1.807) is 13.3 Å². The zero-order valence-electron chi connectivity index (χ0n) is 21.5. The van der Waals surface area contributed by atoms with Crippen molar-refractivity contribution in [3.8, 4) is 5.75 Å². The number of anilines is 2. The number of benzene rings is 1. The largest absolute Gasteiger partial charge is 0.497 e. The third kappa shape index (κ3) is 3.70. The van der Waals surface area contributed by atoms with Gasteiger partial charge in [-0.2, -0.15) is 0 Å². The number of hydrogen-bond acceptors (Lipinski definition) is 6. The summed E-state index contributed by atoms with van der Waals surface area (Å²) in [4.78, 5) is 29.1. The smallest absolute Gasteiger partial charge is 0.255 e. The van der Waals surface area contributed by atoms with Gasteiger partial charge in [-0.3, -0.25) is 4.79 Å². The summed E-state index contributed by atoms with van der Waals surface area (Å²) in [5, 5.41) is 0.882. The number of pyridine rings is 2. The van der Waals surface area contributed by atoms with Crippen LogP contribution in [0.15, 0.2) is 67.1 Å². The van der Waals surface area contributed by atoms with Gasteiger partial charge in [-0.25, -0.2) is 9.97 Å². The van der Waals surface area contributed by atoms with Gasteiger partial charge in [0, 0.05) is 49.7 Å². The lowest BCUT2D eigenvalue weighted by Crippen LogP contribution is -2.60. The Bertz CT molecular complexity index is 1360. The van der Waals surface area contributed by atoms with Crippen LogP contribution in [0.2, 0.25) is 0 Å². The van der Waals surface area contributed by atoms with Crippen LogP contribution >= 0.6 is 0 Å². The molecule has 1 fully saturated rings. The first-order valence-electron chi connectivity index (χ1n) is 12.5. The molecule has 7 nitrogen and oxygen atoms in total. The van der Waals surface area contributed by atoms with E-state index in [9.17, 15) is 4.79 Å². The second kappa shape index (κ2) is 9.30. The maximum Gasteiger partial charge on any atom is 0.255 e. The van der Waals surface area contributed by atoms with Crippen molar-refractivity contribution in [2.75, 3.05) is 37.0 Å². The topological polar surface area (TPSA) is 61.8 Å². The number of carbonyl (C=O) groups excluding carboxylic acids is 1. The van der Waals surface area contributed by atoms with E-state index in [1.165, 1.54) is 5.70 Å².